The van der Waals surface area contributed by atoms with Gasteiger partial charge in [-0.1, -0.05) is 19.1 Å². The first-order valence-electron chi connectivity index (χ1n) is 6.60. The molecule has 1 heterocycles. The highest BCUT2D eigenvalue weighted by Crippen LogP contribution is 2.30. The number of nitrogens with one attached hydrogen (secondary N) is 1. The molecule has 0 aliphatic rings. The third-order valence-electron chi connectivity index (χ3n) is 3.17. The quantitative estimate of drug-likeness (QED) is 0.938. The second kappa shape index (κ2) is 5.71. The Labute approximate surface area is 119 Å². The van der Waals surface area contributed by atoms with E-state index in [0.29, 0.717) is 29.1 Å². The van der Waals surface area contributed by atoms with E-state index in [1.807, 2.05) is 6.92 Å². The second-order valence-electron chi connectivity index (χ2n) is 4.81. The second-order valence-corrected chi connectivity index (χ2v) is 4.81. The van der Waals surface area contributed by atoms with Gasteiger partial charge in [0.25, 0.3) is 5.56 Å². The number of hydrogen-bond donors (Lipinski definition) is 1. The Balaban J connectivity index is 2.48. The number of aryl methyl sites for hydroxylation is 1. The average Bonchev–Trinajstić information content (AvgIpc) is 2.42. The summed E-state index contributed by atoms with van der Waals surface area (Å²) < 4.78 is 37.7. The van der Waals surface area contributed by atoms with Crippen LogP contribution in [0.25, 0.3) is 11.3 Å². The van der Waals surface area contributed by atoms with Gasteiger partial charge >= 0.3 is 6.18 Å². The summed E-state index contributed by atoms with van der Waals surface area (Å²) >= 11 is 0. The molecule has 0 fully saturated rings. The third-order valence-corrected chi connectivity index (χ3v) is 3.17. The summed E-state index contributed by atoms with van der Waals surface area (Å²) in [4.78, 5) is 18.9. The molecule has 21 heavy (non-hydrogen) atoms. The van der Waals surface area contributed by atoms with Crippen molar-refractivity contribution in [3.05, 3.63) is 51.6 Å². The molecule has 0 aliphatic carbocycles. The molecule has 2 rings (SSSR count). The lowest BCUT2D eigenvalue weighted by Gasteiger charge is -2.10. The topological polar surface area (TPSA) is 45.8 Å². The number of hydrogen-bond acceptors (Lipinski definition) is 2. The summed E-state index contributed by atoms with van der Waals surface area (Å²) in [5.41, 5.74) is 0.348. The normalized spacial score (nSPS) is 11.7. The first-order valence-corrected chi connectivity index (χ1v) is 6.60. The molecule has 0 unspecified atom stereocenters. The van der Waals surface area contributed by atoms with Crippen LogP contribution in [0.3, 0.4) is 0 Å². The molecule has 0 radical (unpaired) electrons. The molecule has 0 bridgehead atoms. The van der Waals surface area contributed by atoms with E-state index in [0.717, 1.165) is 18.6 Å². The molecule has 1 aromatic carbocycles. The number of halogens is 3. The first kappa shape index (κ1) is 15.3. The van der Waals surface area contributed by atoms with Gasteiger partial charge in [0.15, 0.2) is 0 Å². The van der Waals surface area contributed by atoms with Crippen LogP contribution < -0.4 is 5.56 Å². The Kier molecular flexibility index (Phi) is 4.16. The van der Waals surface area contributed by atoms with Gasteiger partial charge in [0.05, 0.1) is 11.3 Å². The fourth-order valence-corrected chi connectivity index (χ4v) is 2.03. The minimum Gasteiger partial charge on any atom is -0.310 e. The van der Waals surface area contributed by atoms with E-state index < -0.39 is 11.7 Å². The number of nitrogens with zero attached hydrogens (tertiary/aromatic N) is 1. The van der Waals surface area contributed by atoms with Crippen molar-refractivity contribution in [1.29, 1.82) is 0 Å². The van der Waals surface area contributed by atoms with Crippen LogP contribution in [0, 0.1) is 6.92 Å². The lowest BCUT2D eigenvalue weighted by Crippen LogP contribution is -2.16. The molecule has 112 valence electrons. The zero-order valence-electron chi connectivity index (χ0n) is 11.7. The molecule has 0 atom stereocenters. The molecular formula is C15H15F3N2O. The first-order chi connectivity index (χ1) is 9.82. The highest BCUT2D eigenvalue weighted by molar-refractivity contribution is 5.62. The maximum Gasteiger partial charge on any atom is 0.416 e. The zero-order valence-corrected chi connectivity index (χ0v) is 11.7. The van der Waals surface area contributed by atoms with E-state index in [1.165, 1.54) is 12.1 Å². The number of alkyl halides is 3. The van der Waals surface area contributed by atoms with Crippen molar-refractivity contribution in [2.24, 2.45) is 0 Å². The van der Waals surface area contributed by atoms with Gasteiger partial charge in [0.2, 0.25) is 0 Å². The molecule has 1 aromatic heterocycles. The van der Waals surface area contributed by atoms with Crippen molar-refractivity contribution in [2.45, 2.75) is 32.9 Å². The van der Waals surface area contributed by atoms with Gasteiger partial charge in [-0.25, -0.2) is 4.98 Å². The van der Waals surface area contributed by atoms with Crippen molar-refractivity contribution in [3.63, 3.8) is 0 Å². The number of aromatic amines is 1. The largest absolute Gasteiger partial charge is 0.416 e. The summed E-state index contributed by atoms with van der Waals surface area (Å²) in [7, 11) is 0. The Morgan fingerprint density at radius 1 is 1.19 bits per heavy atom. The highest BCUT2D eigenvalue weighted by Gasteiger charge is 2.30. The molecule has 0 spiro atoms. The smallest absolute Gasteiger partial charge is 0.310 e. The van der Waals surface area contributed by atoms with Gasteiger partial charge in [-0.3, -0.25) is 4.79 Å². The van der Waals surface area contributed by atoms with Crippen LogP contribution >= 0.6 is 0 Å². The predicted molar refractivity (Wildman–Crippen MR) is 74.0 cm³/mol. The van der Waals surface area contributed by atoms with E-state index in [2.05, 4.69) is 9.97 Å². The van der Waals surface area contributed by atoms with Gasteiger partial charge in [-0.2, -0.15) is 13.2 Å². The molecular weight excluding hydrogens is 281 g/mol. The minimum absolute atomic E-state index is 0.261. The number of rotatable bonds is 3. The molecule has 0 saturated heterocycles. The van der Waals surface area contributed by atoms with Crippen molar-refractivity contribution in [1.82, 2.24) is 9.97 Å². The summed E-state index contributed by atoms with van der Waals surface area (Å²) in [6.45, 7) is 3.56. The van der Waals surface area contributed by atoms with Gasteiger partial charge in [0.1, 0.15) is 5.82 Å². The van der Waals surface area contributed by atoms with Gasteiger partial charge in [0, 0.05) is 17.5 Å². The third kappa shape index (κ3) is 3.32. The van der Waals surface area contributed by atoms with Crippen molar-refractivity contribution in [2.75, 3.05) is 0 Å². The van der Waals surface area contributed by atoms with Crippen LogP contribution in [0.4, 0.5) is 13.2 Å². The molecule has 2 aromatic rings. The fourth-order valence-electron chi connectivity index (χ4n) is 2.03. The molecule has 0 amide bonds. The summed E-state index contributed by atoms with van der Waals surface area (Å²) in [5, 5.41) is 0. The van der Waals surface area contributed by atoms with E-state index in [1.54, 1.807) is 6.92 Å². The summed E-state index contributed by atoms with van der Waals surface area (Å²) in [5.74, 6) is 0.544. The van der Waals surface area contributed by atoms with Gasteiger partial charge in [-0.05, 0) is 25.5 Å². The van der Waals surface area contributed by atoms with Crippen LogP contribution in [0.2, 0.25) is 0 Å². The van der Waals surface area contributed by atoms with E-state index >= 15 is 0 Å². The maximum absolute atomic E-state index is 12.6. The molecule has 0 saturated carbocycles. The van der Waals surface area contributed by atoms with Crippen LogP contribution in [0.5, 0.6) is 0 Å². The Hall–Kier alpha value is -2.11. The number of H-pyrrole nitrogens is 1. The standard InChI is InChI=1S/C15H15F3N2O/c1-3-4-12-19-13(9(2)14(21)20-12)10-5-7-11(8-6-10)15(16,17)18/h5-8H,3-4H2,1-2H3,(H,19,20,21). The Morgan fingerprint density at radius 3 is 2.33 bits per heavy atom. The lowest BCUT2D eigenvalue weighted by atomic mass is 10.1. The molecule has 1 N–H and O–H groups in total. The average molecular weight is 296 g/mol. The Morgan fingerprint density at radius 2 is 1.81 bits per heavy atom. The van der Waals surface area contributed by atoms with Crippen LogP contribution in [-0.2, 0) is 12.6 Å². The fraction of sp³-hybridized carbons (Fsp3) is 0.333. The van der Waals surface area contributed by atoms with Crippen LogP contribution in [0.15, 0.2) is 29.1 Å². The van der Waals surface area contributed by atoms with Gasteiger partial charge in [-0.15, -0.1) is 0 Å². The molecule has 3 nitrogen and oxygen atoms in total. The maximum atomic E-state index is 12.6. The Bertz CT molecular complexity index is 688. The minimum atomic E-state index is -4.37. The monoisotopic (exact) mass is 296 g/mol. The highest BCUT2D eigenvalue weighted by atomic mass is 19.4. The van der Waals surface area contributed by atoms with Crippen LogP contribution in [-0.4, -0.2) is 9.97 Å². The number of aromatic nitrogens is 2. The van der Waals surface area contributed by atoms with Gasteiger partial charge < -0.3 is 4.98 Å². The van der Waals surface area contributed by atoms with Crippen molar-refractivity contribution >= 4 is 0 Å². The zero-order chi connectivity index (χ0) is 15.6. The SMILES string of the molecule is CCCc1nc(-c2ccc(C(F)(F)F)cc2)c(C)c(=O)[nH]1. The van der Waals surface area contributed by atoms with E-state index in [4.69, 9.17) is 0 Å². The summed E-state index contributed by atoms with van der Waals surface area (Å²) in [6, 6.07) is 4.68. The van der Waals surface area contributed by atoms with Crippen molar-refractivity contribution < 1.29 is 13.2 Å². The van der Waals surface area contributed by atoms with E-state index in [-0.39, 0.29) is 5.56 Å². The van der Waals surface area contributed by atoms with Crippen LogP contribution in [0.1, 0.15) is 30.3 Å². The molecule has 0 aliphatic heterocycles. The summed E-state index contributed by atoms with van der Waals surface area (Å²) in [6.07, 6.45) is -2.94. The number of benzene rings is 1. The lowest BCUT2D eigenvalue weighted by molar-refractivity contribution is -0.137. The predicted octanol–water partition coefficient (Wildman–Crippen LogP) is 3.72. The van der Waals surface area contributed by atoms with E-state index in [9.17, 15) is 18.0 Å². The molecule has 6 heteroatoms. The van der Waals surface area contributed by atoms with Crippen molar-refractivity contribution in [3.8, 4) is 11.3 Å².